The van der Waals surface area contributed by atoms with Crippen molar-refractivity contribution in [1.29, 1.82) is 0 Å². The summed E-state index contributed by atoms with van der Waals surface area (Å²) < 4.78 is 9.24. The molecular weight excluding hydrogens is 124 g/mol. The maximum absolute atomic E-state index is 8.82. The van der Waals surface area contributed by atoms with Crippen LogP contribution in [0.2, 0.25) is 0 Å². The van der Waals surface area contributed by atoms with Crippen molar-refractivity contribution in [2.75, 3.05) is 20.8 Å². The van der Waals surface area contributed by atoms with E-state index in [0.717, 1.165) is 0 Å². The minimum absolute atomic E-state index is 0.355. The fourth-order valence-electron chi connectivity index (χ4n) is 0.496. The Bertz CT molecular complexity index is 62.0. The Morgan fingerprint density at radius 3 is 1.89 bits per heavy atom. The number of aliphatic hydroxyl groups is 2. The highest BCUT2D eigenvalue weighted by Gasteiger charge is 2.15. The van der Waals surface area contributed by atoms with Crippen molar-refractivity contribution in [3.05, 3.63) is 0 Å². The van der Waals surface area contributed by atoms with Crippen molar-refractivity contribution in [2.45, 2.75) is 12.4 Å². The molecule has 0 heterocycles. The molecule has 0 rings (SSSR count). The average molecular weight is 136 g/mol. The lowest BCUT2D eigenvalue weighted by Gasteiger charge is -2.17. The SMILES string of the molecule is COC(OC)C(O)CO. The van der Waals surface area contributed by atoms with Crippen LogP contribution >= 0.6 is 0 Å². The summed E-state index contributed by atoms with van der Waals surface area (Å²) in [6.07, 6.45) is -1.69. The van der Waals surface area contributed by atoms with Crippen LogP contribution in [0, 0.1) is 0 Å². The molecule has 0 aromatic heterocycles. The van der Waals surface area contributed by atoms with Gasteiger partial charge in [-0.25, -0.2) is 0 Å². The van der Waals surface area contributed by atoms with Gasteiger partial charge in [-0.05, 0) is 0 Å². The lowest BCUT2D eigenvalue weighted by molar-refractivity contribution is -0.173. The van der Waals surface area contributed by atoms with Crippen LogP contribution in [0.25, 0.3) is 0 Å². The maximum atomic E-state index is 8.82. The zero-order valence-electron chi connectivity index (χ0n) is 5.57. The fraction of sp³-hybridized carbons (Fsp3) is 1.00. The molecule has 0 aromatic carbocycles. The average Bonchev–Trinajstić information content (AvgIpc) is 1.90. The van der Waals surface area contributed by atoms with Crippen LogP contribution in [0.1, 0.15) is 0 Å². The zero-order valence-corrected chi connectivity index (χ0v) is 5.57. The van der Waals surface area contributed by atoms with E-state index in [9.17, 15) is 0 Å². The largest absolute Gasteiger partial charge is 0.393 e. The van der Waals surface area contributed by atoms with E-state index in [1.54, 1.807) is 0 Å². The molecule has 56 valence electrons. The molecule has 0 saturated heterocycles. The van der Waals surface area contributed by atoms with E-state index in [-0.39, 0.29) is 6.61 Å². The number of aliphatic hydroxyl groups excluding tert-OH is 2. The van der Waals surface area contributed by atoms with Gasteiger partial charge in [-0.2, -0.15) is 0 Å². The first-order valence-electron chi connectivity index (χ1n) is 2.60. The van der Waals surface area contributed by atoms with Crippen molar-refractivity contribution in [2.24, 2.45) is 0 Å². The molecule has 0 radical (unpaired) electrons. The summed E-state index contributed by atoms with van der Waals surface area (Å²) in [5.41, 5.74) is 0. The van der Waals surface area contributed by atoms with Gasteiger partial charge in [0.15, 0.2) is 6.29 Å². The van der Waals surface area contributed by atoms with Crippen molar-refractivity contribution in [1.82, 2.24) is 0 Å². The summed E-state index contributed by atoms with van der Waals surface area (Å²) in [6, 6.07) is 0. The second kappa shape index (κ2) is 4.69. The van der Waals surface area contributed by atoms with Gasteiger partial charge < -0.3 is 19.7 Å². The third-order valence-electron chi connectivity index (χ3n) is 0.966. The Morgan fingerprint density at radius 2 is 1.78 bits per heavy atom. The molecule has 0 aliphatic rings. The number of rotatable bonds is 4. The lowest BCUT2D eigenvalue weighted by atomic mass is 10.4. The zero-order chi connectivity index (χ0) is 7.28. The molecule has 0 fully saturated rings. The Kier molecular flexibility index (Phi) is 4.61. The predicted molar refractivity (Wildman–Crippen MR) is 30.9 cm³/mol. The van der Waals surface area contributed by atoms with Gasteiger partial charge in [0.1, 0.15) is 6.10 Å². The Balaban J connectivity index is 3.50. The lowest BCUT2D eigenvalue weighted by Crippen LogP contribution is -2.32. The van der Waals surface area contributed by atoms with Gasteiger partial charge in [-0.1, -0.05) is 0 Å². The Labute approximate surface area is 54.0 Å². The van der Waals surface area contributed by atoms with Gasteiger partial charge in [0.25, 0.3) is 0 Å². The minimum atomic E-state index is -0.958. The van der Waals surface area contributed by atoms with Gasteiger partial charge in [0.2, 0.25) is 0 Å². The summed E-state index contributed by atoms with van der Waals surface area (Å²) in [7, 11) is 2.79. The fourth-order valence-corrected chi connectivity index (χ4v) is 0.496. The van der Waals surface area contributed by atoms with E-state index < -0.39 is 12.4 Å². The minimum Gasteiger partial charge on any atom is -0.393 e. The summed E-state index contributed by atoms with van der Waals surface area (Å²) in [4.78, 5) is 0. The summed E-state index contributed by atoms with van der Waals surface area (Å²) in [5, 5.41) is 17.2. The normalized spacial score (nSPS) is 14.3. The smallest absolute Gasteiger partial charge is 0.184 e. The van der Waals surface area contributed by atoms with Crippen LogP contribution < -0.4 is 0 Å². The van der Waals surface area contributed by atoms with E-state index >= 15 is 0 Å². The third-order valence-corrected chi connectivity index (χ3v) is 0.966. The molecule has 1 unspecified atom stereocenters. The highest BCUT2D eigenvalue weighted by atomic mass is 16.7. The number of methoxy groups -OCH3 is 2. The van der Waals surface area contributed by atoms with E-state index in [2.05, 4.69) is 9.47 Å². The molecule has 4 nitrogen and oxygen atoms in total. The monoisotopic (exact) mass is 136 g/mol. The molecule has 0 aliphatic heterocycles. The molecule has 0 spiro atoms. The van der Waals surface area contributed by atoms with E-state index in [1.807, 2.05) is 0 Å². The quantitative estimate of drug-likeness (QED) is 0.484. The van der Waals surface area contributed by atoms with Gasteiger partial charge in [0.05, 0.1) is 6.61 Å². The molecule has 0 aliphatic carbocycles. The Morgan fingerprint density at radius 1 is 1.33 bits per heavy atom. The number of ether oxygens (including phenoxy) is 2. The van der Waals surface area contributed by atoms with Crippen molar-refractivity contribution in [3.8, 4) is 0 Å². The van der Waals surface area contributed by atoms with Crippen LogP contribution in [0.15, 0.2) is 0 Å². The van der Waals surface area contributed by atoms with Gasteiger partial charge >= 0.3 is 0 Å². The molecule has 4 heteroatoms. The summed E-state index contributed by atoms with van der Waals surface area (Å²) in [6.45, 7) is -0.355. The third kappa shape index (κ3) is 2.76. The van der Waals surface area contributed by atoms with Gasteiger partial charge in [-0.15, -0.1) is 0 Å². The van der Waals surface area contributed by atoms with Crippen LogP contribution in [0.4, 0.5) is 0 Å². The van der Waals surface area contributed by atoms with Crippen LogP contribution in [0.5, 0.6) is 0 Å². The van der Waals surface area contributed by atoms with Crippen LogP contribution in [0.3, 0.4) is 0 Å². The van der Waals surface area contributed by atoms with E-state index in [0.29, 0.717) is 0 Å². The van der Waals surface area contributed by atoms with Crippen LogP contribution in [-0.2, 0) is 9.47 Å². The van der Waals surface area contributed by atoms with Crippen molar-refractivity contribution in [3.63, 3.8) is 0 Å². The predicted octanol–water partition coefficient (Wildman–Crippen LogP) is -1.04. The summed E-state index contributed by atoms with van der Waals surface area (Å²) in [5.74, 6) is 0. The standard InChI is InChI=1S/C5H12O4/c1-8-5(9-2)4(7)3-6/h4-7H,3H2,1-2H3. The second-order valence-corrected chi connectivity index (χ2v) is 1.59. The van der Waals surface area contributed by atoms with Crippen LogP contribution in [-0.4, -0.2) is 43.4 Å². The first-order valence-corrected chi connectivity index (χ1v) is 2.60. The second-order valence-electron chi connectivity index (χ2n) is 1.59. The number of hydrogen-bond acceptors (Lipinski definition) is 4. The van der Waals surface area contributed by atoms with Gasteiger partial charge in [0, 0.05) is 14.2 Å². The Hall–Kier alpha value is -0.160. The van der Waals surface area contributed by atoms with Crippen molar-refractivity contribution >= 4 is 0 Å². The molecule has 2 N–H and O–H groups in total. The topological polar surface area (TPSA) is 58.9 Å². The maximum Gasteiger partial charge on any atom is 0.184 e. The number of hydrogen-bond donors (Lipinski definition) is 2. The van der Waals surface area contributed by atoms with Gasteiger partial charge in [-0.3, -0.25) is 0 Å². The highest BCUT2D eigenvalue weighted by Crippen LogP contribution is 1.96. The highest BCUT2D eigenvalue weighted by molar-refractivity contribution is 4.55. The first kappa shape index (κ1) is 8.84. The first-order chi connectivity index (χ1) is 4.26. The molecule has 0 bridgehead atoms. The molecule has 0 saturated carbocycles. The molecule has 0 amide bonds. The molecule has 9 heavy (non-hydrogen) atoms. The van der Waals surface area contributed by atoms with Crippen molar-refractivity contribution < 1.29 is 19.7 Å². The van der Waals surface area contributed by atoms with E-state index in [4.69, 9.17) is 10.2 Å². The molecule has 1 atom stereocenters. The molecular formula is C5H12O4. The van der Waals surface area contributed by atoms with E-state index in [1.165, 1.54) is 14.2 Å². The molecule has 0 aromatic rings. The summed E-state index contributed by atoms with van der Waals surface area (Å²) >= 11 is 0.